The second-order valence-corrected chi connectivity index (χ2v) is 6.37. The number of benzene rings is 1. The van der Waals surface area contributed by atoms with E-state index in [0.29, 0.717) is 18.2 Å². The van der Waals surface area contributed by atoms with Crippen LogP contribution in [0, 0.1) is 5.92 Å². The lowest BCUT2D eigenvalue weighted by Gasteiger charge is -2.19. The normalized spacial score (nSPS) is 13.3. The number of carbonyl (C=O) groups is 1. The van der Waals surface area contributed by atoms with Gasteiger partial charge in [0.2, 0.25) is 0 Å². The number of fused-ring (bicyclic) bond motifs is 1. The molecular weight excluding hydrogens is 286 g/mol. The fraction of sp³-hybridized carbons (Fsp3) is 0.368. The van der Waals surface area contributed by atoms with Gasteiger partial charge >= 0.3 is 0 Å². The summed E-state index contributed by atoms with van der Waals surface area (Å²) in [4.78, 5) is 18.7. The van der Waals surface area contributed by atoms with Crippen molar-refractivity contribution in [2.45, 2.75) is 26.7 Å². The molecule has 0 saturated heterocycles. The molecule has 4 heteroatoms. The van der Waals surface area contributed by atoms with Gasteiger partial charge in [-0.3, -0.25) is 4.79 Å². The molecule has 0 unspecified atom stereocenters. The lowest BCUT2D eigenvalue weighted by Crippen LogP contribution is -2.26. The first-order valence-electron chi connectivity index (χ1n) is 8.25. The highest BCUT2D eigenvalue weighted by molar-refractivity contribution is 5.92. The molecule has 0 aliphatic carbocycles. The minimum Gasteiger partial charge on any atom is -0.351 e. The lowest BCUT2D eigenvalue weighted by molar-refractivity contribution is 0.0947. The van der Waals surface area contributed by atoms with E-state index in [9.17, 15) is 4.79 Å². The summed E-state index contributed by atoms with van der Waals surface area (Å²) in [5.74, 6) is 0.486. The van der Waals surface area contributed by atoms with Crippen molar-refractivity contribution in [3.63, 3.8) is 0 Å². The molecule has 4 nitrogen and oxygen atoms in total. The smallest absolute Gasteiger partial charge is 0.269 e. The summed E-state index contributed by atoms with van der Waals surface area (Å²) in [5.41, 5.74) is 4.12. The van der Waals surface area contributed by atoms with Crippen LogP contribution in [0.2, 0.25) is 0 Å². The number of amides is 1. The Morgan fingerprint density at radius 1 is 1.26 bits per heavy atom. The van der Waals surface area contributed by atoms with E-state index in [1.807, 2.05) is 6.07 Å². The lowest BCUT2D eigenvalue weighted by atomic mass is 10.1. The molecule has 1 aliphatic heterocycles. The Kier molecular flexibility index (Phi) is 4.60. The maximum atomic E-state index is 12.1. The monoisotopic (exact) mass is 309 g/mol. The third kappa shape index (κ3) is 3.52. The SMILES string of the molecule is CC(C)CCNC(=O)c1ccc(N2CCc3ccccc32)cn1. The van der Waals surface area contributed by atoms with Crippen molar-refractivity contribution in [3.05, 3.63) is 53.9 Å². The summed E-state index contributed by atoms with van der Waals surface area (Å²) in [7, 11) is 0. The van der Waals surface area contributed by atoms with Gasteiger partial charge in [0, 0.05) is 18.8 Å². The molecule has 120 valence electrons. The topological polar surface area (TPSA) is 45.2 Å². The zero-order valence-electron chi connectivity index (χ0n) is 13.7. The number of pyridine rings is 1. The van der Waals surface area contributed by atoms with E-state index in [2.05, 4.69) is 53.3 Å². The molecule has 3 rings (SSSR count). The number of carbonyl (C=O) groups excluding carboxylic acids is 1. The number of nitrogens with one attached hydrogen (secondary N) is 1. The quantitative estimate of drug-likeness (QED) is 0.918. The Balaban J connectivity index is 1.67. The average molecular weight is 309 g/mol. The number of para-hydroxylation sites is 1. The number of hydrogen-bond donors (Lipinski definition) is 1. The number of nitrogens with zero attached hydrogens (tertiary/aromatic N) is 2. The van der Waals surface area contributed by atoms with Crippen LogP contribution < -0.4 is 10.2 Å². The molecule has 1 aromatic heterocycles. The number of rotatable bonds is 5. The first-order valence-corrected chi connectivity index (χ1v) is 8.25. The van der Waals surface area contributed by atoms with E-state index in [1.54, 1.807) is 12.3 Å². The van der Waals surface area contributed by atoms with Crippen molar-refractivity contribution in [1.29, 1.82) is 0 Å². The van der Waals surface area contributed by atoms with E-state index in [0.717, 1.165) is 25.1 Å². The molecular formula is C19H23N3O. The van der Waals surface area contributed by atoms with Crippen molar-refractivity contribution in [2.75, 3.05) is 18.0 Å². The molecule has 0 fully saturated rings. The largest absolute Gasteiger partial charge is 0.351 e. The Bertz CT molecular complexity index is 679. The van der Waals surface area contributed by atoms with Gasteiger partial charge in [0.15, 0.2) is 0 Å². The van der Waals surface area contributed by atoms with Gasteiger partial charge in [-0.05, 0) is 42.5 Å². The summed E-state index contributed by atoms with van der Waals surface area (Å²) in [6.07, 6.45) is 3.82. The number of aromatic nitrogens is 1. The zero-order valence-corrected chi connectivity index (χ0v) is 13.7. The van der Waals surface area contributed by atoms with Crippen LogP contribution in [0.3, 0.4) is 0 Å². The van der Waals surface area contributed by atoms with Crippen LogP contribution in [0.4, 0.5) is 11.4 Å². The molecule has 1 aromatic carbocycles. The van der Waals surface area contributed by atoms with Gasteiger partial charge in [-0.1, -0.05) is 32.0 Å². The van der Waals surface area contributed by atoms with Gasteiger partial charge in [-0.15, -0.1) is 0 Å². The molecule has 0 bridgehead atoms. The van der Waals surface area contributed by atoms with E-state index < -0.39 is 0 Å². The Labute approximate surface area is 137 Å². The average Bonchev–Trinajstić information content (AvgIpc) is 2.98. The van der Waals surface area contributed by atoms with Crippen LogP contribution in [0.25, 0.3) is 0 Å². The predicted molar refractivity (Wildman–Crippen MR) is 93.2 cm³/mol. The fourth-order valence-electron chi connectivity index (χ4n) is 2.85. The van der Waals surface area contributed by atoms with Crippen molar-refractivity contribution in [2.24, 2.45) is 5.92 Å². The van der Waals surface area contributed by atoms with E-state index in [1.165, 1.54) is 11.3 Å². The maximum absolute atomic E-state index is 12.1. The predicted octanol–water partition coefficient (Wildman–Crippen LogP) is 3.55. The number of anilines is 2. The van der Waals surface area contributed by atoms with Crippen LogP contribution in [-0.2, 0) is 6.42 Å². The van der Waals surface area contributed by atoms with Gasteiger partial charge < -0.3 is 10.2 Å². The minimum absolute atomic E-state index is 0.0981. The van der Waals surface area contributed by atoms with Crippen LogP contribution in [0.1, 0.15) is 36.3 Å². The third-order valence-corrected chi connectivity index (χ3v) is 4.19. The molecule has 23 heavy (non-hydrogen) atoms. The molecule has 1 aliphatic rings. The standard InChI is InChI=1S/C19H23N3O/c1-14(2)9-11-20-19(23)17-8-7-16(13-21-17)22-12-10-15-5-3-4-6-18(15)22/h3-8,13-14H,9-12H2,1-2H3,(H,20,23). The van der Waals surface area contributed by atoms with Gasteiger partial charge in [0.1, 0.15) is 5.69 Å². The van der Waals surface area contributed by atoms with Gasteiger partial charge in [0.05, 0.1) is 11.9 Å². The maximum Gasteiger partial charge on any atom is 0.269 e. The van der Waals surface area contributed by atoms with E-state index in [-0.39, 0.29) is 5.91 Å². The van der Waals surface area contributed by atoms with Crippen LogP contribution in [0.5, 0.6) is 0 Å². The highest BCUT2D eigenvalue weighted by Gasteiger charge is 2.20. The van der Waals surface area contributed by atoms with Crippen molar-refractivity contribution in [3.8, 4) is 0 Å². The molecule has 2 heterocycles. The summed E-state index contributed by atoms with van der Waals surface area (Å²) >= 11 is 0. The molecule has 2 aromatic rings. The first kappa shape index (κ1) is 15.5. The summed E-state index contributed by atoms with van der Waals surface area (Å²) in [5, 5.41) is 2.92. The Hall–Kier alpha value is -2.36. The zero-order chi connectivity index (χ0) is 16.2. The van der Waals surface area contributed by atoms with Gasteiger partial charge in [-0.2, -0.15) is 0 Å². The van der Waals surface area contributed by atoms with Crippen LogP contribution in [-0.4, -0.2) is 24.0 Å². The van der Waals surface area contributed by atoms with Crippen molar-refractivity contribution >= 4 is 17.3 Å². The second-order valence-electron chi connectivity index (χ2n) is 6.37. The summed E-state index contributed by atoms with van der Waals surface area (Å²) in [6.45, 7) is 5.95. The van der Waals surface area contributed by atoms with E-state index >= 15 is 0 Å². The van der Waals surface area contributed by atoms with E-state index in [4.69, 9.17) is 0 Å². The molecule has 0 radical (unpaired) electrons. The fourth-order valence-corrected chi connectivity index (χ4v) is 2.85. The Morgan fingerprint density at radius 3 is 2.83 bits per heavy atom. The molecule has 1 N–H and O–H groups in total. The second kappa shape index (κ2) is 6.82. The summed E-state index contributed by atoms with van der Waals surface area (Å²) < 4.78 is 0. The number of hydrogen-bond acceptors (Lipinski definition) is 3. The van der Waals surface area contributed by atoms with Crippen LogP contribution >= 0.6 is 0 Å². The van der Waals surface area contributed by atoms with Gasteiger partial charge in [-0.25, -0.2) is 4.98 Å². The third-order valence-electron chi connectivity index (χ3n) is 4.19. The van der Waals surface area contributed by atoms with Crippen molar-refractivity contribution < 1.29 is 4.79 Å². The van der Waals surface area contributed by atoms with Crippen molar-refractivity contribution in [1.82, 2.24) is 10.3 Å². The highest BCUT2D eigenvalue weighted by Crippen LogP contribution is 2.33. The molecule has 1 amide bonds. The Morgan fingerprint density at radius 2 is 2.09 bits per heavy atom. The van der Waals surface area contributed by atoms with Crippen LogP contribution in [0.15, 0.2) is 42.6 Å². The molecule has 0 atom stereocenters. The summed E-state index contributed by atoms with van der Waals surface area (Å²) in [6, 6.07) is 12.2. The first-order chi connectivity index (χ1) is 11.1. The highest BCUT2D eigenvalue weighted by atomic mass is 16.1. The minimum atomic E-state index is -0.0981. The molecule has 0 spiro atoms. The molecule has 0 saturated carbocycles. The van der Waals surface area contributed by atoms with Gasteiger partial charge in [0.25, 0.3) is 5.91 Å².